The van der Waals surface area contributed by atoms with Crippen molar-refractivity contribution in [1.29, 1.82) is 0 Å². The molecule has 2 heterocycles. The Morgan fingerprint density at radius 3 is 2.67 bits per heavy atom. The average Bonchev–Trinajstić information content (AvgIpc) is 2.70. The quantitative estimate of drug-likeness (QED) is 0.767. The molecule has 0 saturated carbocycles. The van der Waals surface area contributed by atoms with Crippen LogP contribution in [0.3, 0.4) is 0 Å². The number of rotatable bonds is 2. The lowest BCUT2D eigenvalue weighted by Crippen LogP contribution is -2.45. The van der Waals surface area contributed by atoms with Crippen LogP contribution in [-0.2, 0) is 9.59 Å². The van der Waals surface area contributed by atoms with Crippen LogP contribution in [0.15, 0.2) is 0 Å². The summed E-state index contributed by atoms with van der Waals surface area (Å²) < 4.78 is 0. The van der Waals surface area contributed by atoms with Crippen LogP contribution >= 0.6 is 0 Å². The van der Waals surface area contributed by atoms with Crippen molar-refractivity contribution in [3.8, 4) is 0 Å². The highest BCUT2D eigenvalue weighted by Crippen LogP contribution is 2.23. The second-order valence-corrected chi connectivity index (χ2v) is 5.62. The Hall–Kier alpha value is -1.10. The molecule has 2 aliphatic heterocycles. The normalized spacial score (nSPS) is 29.2. The molecule has 2 rings (SSSR count). The smallest absolute Gasteiger partial charge is 0.228 e. The predicted molar refractivity (Wildman–Crippen MR) is 66.8 cm³/mol. The molecule has 2 saturated heterocycles. The summed E-state index contributed by atoms with van der Waals surface area (Å²) in [6.07, 6.45) is 1.54. The molecule has 0 aliphatic carbocycles. The molecule has 2 aliphatic rings. The Morgan fingerprint density at radius 1 is 1.39 bits per heavy atom. The lowest BCUT2D eigenvalue weighted by Gasteiger charge is -2.32. The number of nitrogens with zero attached hydrogens (tertiary/aromatic N) is 2. The SMILES string of the molecule is CC(C)N1CC(C(=O)N2CCC[C@H](O)C2)CC1=O. The standard InChI is InChI=1S/C13H22N2O3/c1-9(2)15-7-10(6-12(15)17)13(18)14-5-3-4-11(16)8-14/h9-11,16H,3-8H2,1-2H3/t10?,11-/m0/s1. The highest BCUT2D eigenvalue weighted by atomic mass is 16.3. The number of likely N-dealkylation sites (tertiary alicyclic amines) is 2. The van der Waals surface area contributed by atoms with E-state index in [1.165, 1.54) is 0 Å². The molecule has 0 radical (unpaired) electrons. The first kappa shape index (κ1) is 13.3. The Bertz CT molecular complexity index is 343. The van der Waals surface area contributed by atoms with Crippen molar-refractivity contribution in [2.75, 3.05) is 19.6 Å². The summed E-state index contributed by atoms with van der Waals surface area (Å²) in [5, 5.41) is 9.59. The molecule has 102 valence electrons. The molecule has 2 fully saturated rings. The average molecular weight is 254 g/mol. The van der Waals surface area contributed by atoms with Gasteiger partial charge in [0.1, 0.15) is 0 Å². The Labute approximate surface area is 108 Å². The summed E-state index contributed by atoms with van der Waals surface area (Å²) in [7, 11) is 0. The molecular weight excluding hydrogens is 232 g/mol. The van der Waals surface area contributed by atoms with Gasteiger partial charge in [-0.3, -0.25) is 9.59 Å². The van der Waals surface area contributed by atoms with Crippen molar-refractivity contribution < 1.29 is 14.7 Å². The van der Waals surface area contributed by atoms with Gasteiger partial charge in [0.05, 0.1) is 12.0 Å². The third-order valence-electron chi connectivity index (χ3n) is 3.84. The Balaban J connectivity index is 1.96. The van der Waals surface area contributed by atoms with E-state index in [1.807, 2.05) is 13.8 Å². The van der Waals surface area contributed by atoms with E-state index in [0.29, 0.717) is 26.1 Å². The molecule has 0 bridgehead atoms. The number of piperidine rings is 1. The van der Waals surface area contributed by atoms with Crippen LogP contribution in [0, 0.1) is 5.92 Å². The van der Waals surface area contributed by atoms with E-state index in [0.717, 1.165) is 12.8 Å². The third-order valence-corrected chi connectivity index (χ3v) is 3.84. The van der Waals surface area contributed by atoms with E-state index >= 15 is 0 Å². The van der Waals surface area contributed by atoms with Gasteiger partial charge in [-0.1, -0.05) is 0 Å². The van der Waals surface area contributed by atoms with Crippen molar-refractivity contribution in [1.82, 2.24) is 9.80 Å². The minimum Gasteiger partial charge on any atom is -0.391 e. The third kappa shape index (κ3) is 2.66. The van der Waals surface area contributed by atoms with Gasteiger partial charge in [0.2, 0.25) is 11.8 Å². The highest BCUT2D eigenvalue weighted by Gasteiger charge is 2.38. The van der Waals surface area contributed by atoms with Gasteiger partial charge in [-0.2, -0.15) is 0 Å². The summed E-state index contributed by atoms with van der Waals surface area (Å²) in [5.41, 5.74) is 0. The van der Waals surface area contributed by atoms with Gasteiger partial charge in [-0.15, -0.1) is 0 Å². The van der Waals surface area contributed by atoms with Gasteiger partial charge in [-0.05, 0) is 26.7 Å². The van der Waals surface area contributed by atoms with Crippen molar-refractivity contribution >= 4 is 11.8 Å². The number of amides is 2. The van der Waals surface area contributed by atoms with E-state index in [9.17, 15) is 14.7 Å². The number of hydrogen-bond donors (Lipinski definition) is 1. The zero-order chi connectivity index (χ0) is 13.3. The maximum absolute atomic E-state index is 12.3. The van der Waals surface area contributed by atoms with Crippen LogP contribution in [0.25, 0.3) is 0 Å². The van der Waals surface area contributed by atoms with E-state index in [4.69, 9.17) is 0 Å². The number of carbonyl (C=O) groups is 2. The van der Waals surface area contributed by atoms with Gasteiger partial charge < -0.3 is 14.9 Å². The fourth-order valence-electron chi connectivity index (χ4n) is 2.81. The monoisotopic (exact) mass is 254 g/mol. The summed E-state index contributed by atoms with van der Waals surface area (Å²) in [4.78, 5) is 27.6. The second kappa shape index (κ2) is 5.26. The van der Waals surface area contributed by atoms with Gasteiger partial charge in [0.25, 0.3) is 0 Å². The van der Waals surface area contributed by atoms with Crippen LogP contribution < -0.4 is 0 Å². The minimum absolute atomic E-state index is 0.0326. The van der Waals surface area contributed by atoms with Crippen LogP contribution in [0.4, 0.5) is 0 Å². The largest absolute Gasteiger partial charge is 0.391 e. The second-order valence-electron chi connectivity index (χ2n) is 5.62. The number of hydrogen-bond acceptors (Lipinski definition) is 3. The molecule has 0 spiro atoms. The molecule has 1 N–H and O–H groups in total. The lowest BCUT2D eigenvalue weighted by molar-refractivity contribution is -0.138. The molecule has 18 heavy (non-hydrogen) atoms. The molecule has 5 heteroatoms. The van der Waals surface area contributed by atoms with Gasteiger partial charge in [0, 0.05) is 32.1 Å². The van der Waals surface area contributed by atoms with Crippen molar-refractivity contribution in [3.63, 3.8) is 0 Å². The van der Waals surface area contributed by atoms with E-state index in [2.05, 4.69) is 0 Å². The summed E-state index contributed by atoms with van der Waals surface area (Å²) in [5.74, 6) is -0.114. The Morgan fingerprint density at radius 2 is 2.11 bits per heavy atom. The molecule has 5 nitrogen and oxygen atoms in total. The number of aliphatic hydroxyl groups excluding tert-OH is 1. The van der Waals surface area contributed by atoms with Crippen LogP contribution in [0.1, 0.15) is 33.1 Å². The topological polar surface area (TPSA) is 60.9 Å². The zero-order valence-electron chi connectivity index (χ0n) is 11.1. The fourth-order valence-corrected chi connectivity index (χ4v) is 2.81. The predicted octanol–water partition coefficient (Wildman–Crippen LogP) is 0.227. The first-order valence-electron chi connectivity index (χ1n) is 6.75. The molecule has 2 atom stereocenters. The zero-order valence-corrected chi connectivity index (χ0v) is 11.1. The molecule has 0 aromatic heterocycles. The van der Waals surface area contributed by atoms with Crippen LogP contribution in [0.2, 0.25) is 0 Å². The minimum atomic E-state index is -0.402. The maximum atomic E-state index is 12.3. The van der Waals surface area contributed by atoms with Gasteiger partial charge in [0.15, 0.2) is 0 Å². The van der Waals surface area contributed by atoms with Crippen LogP contribution in [0.5, 0.6) is 0 Å². The summed E-state index contributed by atoms with van der Waals surface area (Å²) in [6.45, 7) is 5.60. The first-order valence-corrected chi connectivity index (χ1v) is 6.75. The molecular formula is C13H22N2O3. The molecule has 1 unspecified atom stereocenters. The van der Waals surface area contributed by atoms with Gasteiger partial charge >= 0.3 is 0 Å². The van der Waals surface area contributed by atoms with E-state index < -0.39 is 6.10 Å². The molecule has 0 aromatic rings. The van der Waals surface area contributed by atoms with Crippen LogP contribution in [-0.4, -0.2) is 58.5 Å². The Kier molecular flexibility index (Phi) is 3.90. The maximum Gasteiger partial charge on any atom is 0.228 e. The molecule has 0 aromatic carbocycles. The van der Waals surface area contributed by atoms with Crippen molar-refractivity contribution in [3.05, 3.63) is 0 Å². The number of carbonyl (C=O) groups excluding carboxylic acids is 2. The summed E-state index contributed by atoms with van der Waals surface area (Å²) in [6, 6.07) is 0.155. The van der Waals surface area contributed by atoms with Gasteiger partial charge in [-0.25, -0.2) is 0 Å². The number of aliphatic hydroxyl groups is 1. The lowest BCUT2D eigenvalue weighted by atomic mass is 10.0. The summed E-state index contributed by atoms with van der Waals surface area (Å²) >= 11 is 0. The van der Waals surface area contributed by atoms with Crippen molar-refractivity contribution in [2.24, 2.45) is 5.92 Å². The van der Waals surface area contributed by atoms with Crippen molar-refractivity contribution in [2.45, 2.75) is 45.3 Å². The number of β-amino-alcohol motifs (C(OH)–C–C–N with tert-alkyl or cyclic N) is 1. The molecule has 2 amide bonds. The van der Waals surface area contributed by atoms with E-state index in [-0.39, 0.29) is 23.8 Å². The highest BCUT2D eigenvalue weighted by molar-refractivity contribution is 5.89. The van der Waals surface area contributed by atoms with E-state index in [1.54, 1.807) is 9.80 Å². The fraction of sp³-hybridized carbons (Fsp3) is 0.846. The first-order chi connectivity index (χ1) is 8.49.